The maximum Gasteiger partial charge on any atom is 0.174 e. The molecule has 0 unspecified atom stereocenters. The summed E-state index contributed by atoms with van der Waals surface area (Å²) in [5.74, 6) is -0.457. The van der Waals surface area contributed by atoms with Crippen LogP contribution in [0.2, 0.25) is 0 Å². The molecule has 2 N–H and O–H groups in total. The number of nitrogens with zero attached hydrogens (tertiary/aromatic N) is 3. The van der Waals surface area contributed by atoms with Crippen molar-refractivity contribution in [3.05, 3.63) is 24.0 Å². The van der Waals surface area contributed by atoms with Crippen molar-refractivity contribution in [3.8, 4) is 0 Å². The normalized spacial score (nSPS) is 24.9. The van der Waals surface area contributed by atoms with Crippen molar-refractivity contribution >= 4 is 22.4 Å². The SMILES string of the molecule is CCn1ncc2c(NC3CCCCC3)c(C3=CC4(CC5(C4)OCCO5)ON3)cnc21. The van der Waals surface area contributed by atoms with Crippen molar-refractivity contribution in [3.63, 3.8) is 0 Å². The summed E-state index contributed by atoms with van der Waals surface area (Å²) in [7, 11) is 0. The molecule has 4 heterocycles. The quantitative estimate of drug-likeness (QED) is 0.798. The molecule has 4 aliphatic rings. The third-order valence-electron chi connectivity index (χ3n) is 6.93. The third-order valence-corrected chi connectivity index (χ3v) is 6.93. The molecule has 2 spiro atoms. The second-order valence-electron chi connectivity index (χ2n) is 9.01. The van der Waals surface area contributed by atoms with Crippen LogP contribution in [0.25, 0.3) is 16.7 Å². The Morgan fingerprint density at radius 3 is 2.73 bits per heavy atom. The van der Waals surface area contributed by atoms with Crippen molar-refractivity contribution in [2.24, 2.45) is 0 Å². The Hall–Kier alpha value is -2.16. The van der Waals surface area contributed by atoms with E-state index >= 15 is 0 Å². The van der Waals surface area contributed by atoms with Crippen LogP contribution in [0.15, 0.2) is 18.5 Å². The van der Waals surface area contributed by atoms with E-state index in [4.69, 9.17) is 19.3 Å². The molecule has 8 nitrogen and oxygen atoms in total. The molecule has 30 heavy (non-hydrogen) atoms. The van der Waals surface area contributed by atoms with E-state index < -0.39 is 5.79 Å². The number of hydrogen-bond acceptors (Lipinski definition) is 7. The highest BCUT2D eigenvalue weighted by molar-refractivity contribution is 5.95. The van der Waals surface area contributed by atoms with E-state index in [1.165, 1.54) is 32.1 Å². The van der Waals surface area contributed by atoms with Gasteiger partial charge in [0, 0.05) is 37.2 Å². The van der Waals surface area contributed by atoms with E-state index in [1.54, 1.807) is 0 Å². The van der Waals surface area contributed by atoms with Crippen LogP contribution in [0.5, 0.6) is 0 Å². The van der Waals surface area contributed by atoms with E-state index in [0.29, 0.717) is 32.1 Å². The first-order valence-electron chi connectivity index (χ1n) is 11.3. The highest BCUT2D eigenvalue weighted by Crippen LogP contribution is 2.52. The van der Waals surface area contributed by atoms with Gasteiger partial charge in [-0.05, 0) is 25.8 Å². The molecule has 6 rings (SSSR count). The zero-order valence-corrected chi connectivity index (χ0v) is 17.4. The largest absolute Gasteiger partial charge is 0.381 e. The summed E-state index contributed by atoms with van der Waals surface area (Å²) in [6, 6.07) is 0.484. The molecule has 0 radical (unpaired) electrons. The number of aryl methyl sites for hydroxylation is 1. The molecule has 0 aromatic carbocycles. The average Bonchev–Trinajstić information content (AvgIpc) is 3.48. The highest BCUT2D eigenvalue weighted by Gasteiger charge is 2.61. The fourth-order valence-electron chi connectivity index (χ4n) is 5.42. The van der Waals surface area contributed by atoms with Gasteiger partial charge in [-0.25, -0.2) is 9.67 Å². The lowest BCUT2D eigenvalue weighted by atomic mass is 9.74. The minimum atomic E-state index is -0.457. The third kappa shape index (κ3) is 2.92. The van der Waals surface area contributed by atoms with Crippen LogP contribution < -0.4 is 10.8 Å². The molecule has 1 saturated heterocycles. The molecule has 160 valence electrons. The van der Waals surface area contributed by atoms with Crippen molar-refractivity contribution in [2.75, 3.05) is 18.5 Å². The first kappa shape index (κ1) is 18.6. The maximum absolute atomic E-state index is 6.03. The number of ether oxygens (including phenoxy) is 2. The molecule has 2 saturated carbocycles. The van der Waals surface area contributed by atoms with E-state index in [0.717, 1.165) is 34.5 Å². The molecule has 8 heteroatoms. The molecule has 3 fully saturated rings. The number of fused-ring (bicyclic) bond motifs is 1. The van der Waals surface area contributed by atoms with Crippen molar-refractivity contribution in [1.82, 2.24) is 20.2 Å². The Kier molecular flexibility index (Phi) is 4.30. The molecule has 2 aliphatic heterocycles. The standard InChI is InChI=1S/C22H29N5O3/c1-2-27-20-17(12-24-27)19(25-15-6-4-3-5-7-15)16(11-23-20)18-10-21(30-26-18)13-22(14-21)28-8-9-29-22/h10-12,15,26H,2-9,13-14H2,1H3,(H,23,25). The summed E-state index contributed by atoms with van der Waals surface area (Å²) in [6.45, 7) is 4.22. The second kappa shape index (κ2) is 6.93. The summed E-state index contributed by atoms with van der Waals surface area (Å²) < 4.78 is 13.6. The maximum atomic E-state index is 6.03. The van der Waals surface area contributed by atoms with Crippen LogP contribution >= 0.6 is 0 Å². The summed E-state index contributed by atoms with van der Waals surface area (Å²) in [5, 5.41) is 9.45. The second-order valence-corrected chi connectivity index (χ2v) is 9.01. The van der Waals surface area contributed by atoms with Gasteiger partial charge in [0.1, 0.15) is 5.60 Å². The van der Waals surface area contributed by atoms with E-state index in [2.05, 4.69) is 28.9 Å². The van der Waals surface area contributed by atoms with Gasteiger partial charge in [0.2, 0.25) is 0 Å². The Balaban J connectivity index is 1.36. The molecule has 0 amide bonds. The van der Waals surface area contributed by atoms with E-state index in [1.807, 2.05) is 17.1 Å². The van der Waals surface area contributed by atoms with Crippen molar-refractivity contribution < 1.29 is 14.3 Å². The highest BCUT2D eigenvalue weighted by atomic mass is 16.8. The van der Waals surface area contributed by atoms with Crippen molar-refractivity contribution in [2.45, 2.75) is 75.8 Å². The zero-order valence-electron chi connectivity index (χ0n) is 17.4. The Labute approximate surface area is 175 Å². The molecule has 0 bridgehead atoms. The number of nitrogens with one attached hydrogen (secondary N) is 2. The zero-order chi connectivity index (χ0) is 20.2. The predicted octanol–water partition coefficient (Wildman–Crippen LogP) is 3.35. The summed E-state index contributed by atoms with van der Waals surface area (Å²) in [5.41, 5.74) is 6.83. The van der Waals surface area contributed by atoms with Gasteiger partial charge in [-0.2, -0.15) is 5.10 Å². The molecule has 2 aromatic rings. The Morgan fingerprint density at radius 1 is 1.17 bits per heavy atom. The Bertz CT molecular complexity index is 980. The fourth-order valence-corrected chi connectivity index (χ4v) is 5.42. The minimum absolute atomic E-state index is 0.371. The monoisotopic (exact) mass is 411 g/mol. The summed E-state index contributed by atoms with van der Waals surface area (Å²) in [6.07, 6.45) is 13.8. The summed E-state index contributed by atoms with van der Waals surface area (Å²) in [4.78, 5) is 10.8. The molecular formula is C22H29N5O3. The van der Waals surface area contributed by atoms with Crippen LogP contribution in [0.4, 0.5) is 5.69 Å². The number of anilines is 1. The van der Waals surface area contributed by atoms with Crippen LogP contribution in [-0.4, -0.2) is 45.4 Å². The number of rotatable bonds is 4. The topological polar surface area (TPSA) is 82.5 Å². The number of aromatic nitrogens is 3. The van der Waals surface area contributed by atoms with Gasteiger partial charge in [0.15, 0.2) is 11.4 Å². The van der Waals surface area contributed by atoms with Crippen LogP contribution in [0, 0.1) is 0 Å². The fraction of sp³-hybridized carbons (Fsp3) is 0.636. The van der Waals surface area contributed by atoms with Gasteiger partial charge >= 0.3 is 0 Å². The van der Waals surface area contributed by atoms with Gasteiger partial charge in [0.25, 0.3) is 0 Å². The number of hydroxylamine groups is 1. The van der Waals surface area contributed by atoms with Gasteiger partial charge in [-0.15, -0.1) is 0 Å². The van der Waals surface area contributed by atoms with Gasteiger partial charge in [-0.1, -0.05) is 19.3 Å². The molecular weight excluding hydrogens is 382 g/mol. The first-order chi connectivity index (χ1) is 14.7. The van der Waals surface area contributed by atoms with Crippen LogP contribution in [-0.2, 0) is 20.9 Å². The first-order valence-corrected chi connectivity index (χ1v) is 11.3. The lowest BCUT2D eigenvalue weighted by Crippen LogP contribution is -2.57. The van der Waals surface area contributed by atoms with Crippen molar-refractivity contribution in [1.29, 1.82) is 0 Å². The molecule has 2 aromatic heterocycles. The van der Waals surface area contributed by atoms with Gasteiger partial charge in [-0.3, -0.25) is 10.3 Å². The van der Waals surface area contributed by atoms with Gasteiger partial charge < -0.3 is 14.8 Å². The van der Waals surface area contributed by atoms with Gasteiger partial charge in [0.05, 0.1) is 36.2 Å². The predicted molar refractivity (Wildman–Crippen MR) is 112 cm³/mol. The molecule has 2 aliphatic carbocycles. The Morgan fingerprint density at radius 2 is 1.97 bits per heavy atom. The lowest BCUT2D eigenvalue weighted by molar-refractivity contribution is -0.285. The summed E-state index contributed by atoms with van der Waals surface area (Å²) >= 11 is 0. The van der Waals surface area contributed by atoms with Crippen LogP contribution in [0.1, 0.15) is 57.4 Å². The molecule has 0 atom stereocenters. The minimum Gasteiger partial charge on any atom is -0.381 e. The number of hydrogen-bond donors (Lipinski definition) is 2. The van der Waals surface area contributed by atoms with E-state index in [-0.39, 0.29) is 5.60 Å². The van der Waals surface area contributed by atoms with Crippen LogP contribution in [0.3, 0.4) is 0 Å². The smallest absolute Gasteiger partial charge is 0.174 e. The lowest BCUT2D eigenvalue weighted by Gasteiger charge is -2.47. The number of pyridine rings is 1. The average molecular weight is 412 g/mol. The van der Waals surface area contributed by atoms with E-state index in [9.17, 15) is 0 Å².